The highest BCUT2D eigenvalue weighted by molar-refractivity contribution is 6.31. The first-order valence-corrected chi connectivity index (χ1v) is 12.0. The minimum Gasteiger partial charge on any atom is -0.349 e. The van der Waals surface area contributed by atoms with E-state index in [2.05, 4.69) is 30.3 Å². The van der Waals surface area contributed by atoms with Crippen molar-refractivity contribution in [3.8, 4) is 11.4 Å². The van der Waals surface area contributed by atoms with E-state index in [1.807, 2.05) is 42.5 Å². The Labute approximate surface area is 214 Å². The quantitative estimate of drug-likeness (QED) is 0.249. The molecule has 4 N–H and O–H groups in total. The third-order valence-corrected chi connectivity index (χ3v) is 6.67. The van der Waals surface area contributed by atoms with Crippen LogP contribution in [0, 0.1) is 5.92 Å². The molecule has 0 radical (unpaired) electrons. The number of aromatic nitrogens is 3. The maximum absolute atomic E-state index is 13.1. The molecule has 1 saturated carbocycles. The molecular formula is C27H20ClN5O4. The molecule has 1 aliphatic carbocycles. The Bertz CT molecular complexity index is 1700. The average Bonchev–Trinajstić information content (AvgIpc) is 3.39. The molecule has 2 aromatic heterocycles. The molecule has 184 valence electrons. The minimum absolute atomic E-state index is 0.0469. The molecule has 1 fully saturated rings. The van der Waals surface area contributed by atoms with Crippen molar-refractivity contribution in [3.63, 3.8) is 0 Å². The van der Waals surface area contributed by atoms with Crippen LogP contribution in [0.2, 0.25) is 5.02 Å². The van der Waals surface area contributed by atoms with Crippen molar-refractivity contribution in [2.75, 3.05) is 10.6 Å². The summed E-state index contributed by atoms with van der Waals surface area (Å²) in [5.74, 6) is -0.916. The maximum atomic E-state index is 13.1. The van der Waals surface area contributed by atoms with E-state index in [1.54, 1.807) is 30.3 Å². The molecule has 10 heteroatoms. The Morgan fingerprint density at radius 1 is 0.946 bits per heavy atom. The van der Waals surface area contributed by atoms with Crippen LogP contribution in [0.4, 0.5) is 11.4 Å². The van der Waals surface area contributed by atoms with E-state index in [0.717, 1.165) is 17.4 Å². The molecule has 2 amide bonds. The topological polar surface area (TPSA) is 133 Å². The molecular weight excluding hydrogens is 494 g/mol. The number of hydrogen-bond acceptors (Lipinski definition) is 5. The lowest BCUT2D eigenvalue weighted by atomic mass is 10.1. The van der Waals surface area contributed by atoms with Crippen LogP contribution in [0.5, 0.6) is 0 Å². The number of para-hydroxylation sites is 1. The van der Waals surface area contributed by atoms with E-state index in [9.17, 15) is 14.4 Å². The Hall–Kier alpha value is -4.63. The van der Waals surface area contributed by atoms with E-state index in [1.165, 1.54) is 0 Å². The monoisotopic (exact) mass is 513 g/mol. The second-order valence-corrected chi connectivity index (χ2v) is 9.33. The average molecular weight is 514 g/mol. The normalized spacial score (nSPS) is 16.5. The van der Waals surface area contributed by atoms with E-state index < -0.39 is 11.7 Å². The Balaban J connectivity index is 1.22. The number of carbonyl (C=O) groups excluding carboxylic acids is 2. The molecule has 0 bridgehead atoms. The molecule has 2 heterocycles. The summed E-state index contributed by atoms with van der Waals surface area (Å²) in [6.07, 6.45) is 0.810. The van der Waals surface area contributed by atoms with Gasteiger partial charge < -0.3 is 15.6 Å². The van der Waals surface area contributed by atoms with Crippen LogP contribution >= 0.6 is 11.6 Å². The lowest BCUT2D eigenvalue weighted by molar-refractivity contribution is -0.117. The number of H-pyrrole nitrogens is 2. The number of nitrogens with one attached hydrogen (secondary N) is 4. The summed E-state index contributed by atoms with van der Waals surface area (Å²) in [6, 6.07) is 22.0. The number of rotatable bonds is 6. The van der Waals surface area contributed by atoms with Crippen LogP contribution in [-0.4, -0.2) is 26.9 Å². The van der Waals surface area contributed by atoms with Gasteiger partial charge in [0.25, 0.3) is 5.91 Å². The Morgan fingerprint density at radius 2 is 1.78 bits per heavy atom. The summed E-state index contributed by atoms with van der Waals surface area (Å²) in [6.45, 7) is 0. The predicted molar refractivity (Wildman–Crippen MR) is 140 cm³/mol. The fraction of sp³-hybridized carbons (Fsp3) is 0.111. The van der Waals surface area contributed by atoms with Crippen molar-refractivity contribution < 1.29 is 14.1 Å². The summed E-state index contributed by atoms with van der Waals surface area (Å²) in [7, 11) is 0. The van der Waals surface area contributed by atoms with Crippen LogP contribution in [0.1, 0.15) is 28.4 Å². The zero-order valence-corrected chi connectivity index (χ0v) is 20.0. The lowest BCUT2D eigenvalue weighted by Crippen LogP contribution is -2.15. The molecule has 3 aromatic carbocycles. The van der Waals surface area contributed by atoms with Gasteiger partial charge in [0.15, 0.2) is 5.82 Å². The molecule has 5 aromatic rings. The van der Waals surface area contributed by atoms with Gasteiger partial charge in [0.05, 0.1) is 16.9 Å². The van der Waals surface area contributed by atoms with Crippen LogP contribution in [0.15, 0.2) is 82.1 Å². The van der Waals surface area contributed by atoms with Gasteiger partial charge in [-0.05, 0) is 48.2 Å². The first-order valence-electron chi connectivity index (χ1n) is 11.6. The van der Waals surface area contributed by atoms with Crippen LogP contribution in [-0.2, 0) is 4.79 Å². The standard InChI is InChI=1S/C27H20ClN5O4/c28-16-9-10-20(19(12-16)24-32-27(36)37-33-24)30-26(35)22-11-15-7-4-8-21(23(15)29-22)31-25(34)18-13-17(18)14-5-2-1-3-6-14/h1-12,17-18,29H,13H2,(H,30,35)(H,31,34)(H,32,33,36). The minimum atomic E-state index is -0.723. The zero-order valence-electron chi connectivity index (χ0n) is 19.2. The molecule has 1 aliphatic rings. The highest BCUT2D eigenvalue weighted by Gasteiger charge is 2.43. The van der Waals surface area contributed by atoms with Crippen molar-refractivity contribution in [1.82, 2.24) is 15.1 Å². The molecule has 2 unspecified atom stereocenters. The van der Waals surface area contributed by atoms with E-state index in [4.69, 9.17) is 11.6 Å². The number of halogens is 1. The van der Waals surface area contributed by atoms with E-state index in [0.29, 0.717) is 33.2 Å². The first kappa shape index (κ1) is 22.8. The highest BCUT2D eigenvalue weighted by Crippen LogP contribution is 2.48. The van der Waals surface area contributed by atoms with E-state index in [-0.39, 0.29) is 23.6 Å². The fourth-order valence-corrected chi connectivity index (χ4v) is 4.69. The number of carbonyl (C=O) groups is 2. The number of fused-ring (bicyclic) bond motifs is 1. The fourth-order valence-electron chi connectivity index (χ4n) is 4.52. The van der Waals surface area contributed by atoms with Crippen molar-refractivity contribution in [3.05, 3.63) is 99.6 Å². The number of nitrogens with zero attached hydrogens (tertiary/aromatic N) is 1. The second-order valence-electron chi connectivity index (χ2n) is 8.89. The summed E-state index contributed by atoms with van der Waals surface area (Å²) in [5, 5.41) is 10.7. The number of aromatic amines is 2. The van der Waals surface area contributed by atoms with Crippen molar-refractivity contribution in [2.24, 2.45) is 5.92 Å². The van der Waals surface area contributed by atoms with Gasteiger partial charge >= 0.3 is 5.76 Å². The smallest absolute Gasteiger partial charge is 0.349 e. The van der Waals surface area contributed by atoms with E-state index >= 15 is 0 Å². The second kappa shape index (κ2) is 9.11. The molecule has 0 saturated heterocycles. The summed E-state index contributed by atoms with van der Waals surface area (Å²) in [5.41, 5.74) is 3.48. The van der Waals surface area contributed by atoms with Gasteiger partial charge in [0.1, 0.15) is 5.69 Å². The number of amides is 2. The van der Waals surface area contributed by atoms with Crippen molar-refractivity contribution in [1.29, 1.82) is 0 Å². The number of benzene rings is 3. The van der Waals surface area contributed by atoms with Gasteiger partial charge in [-0.3, -0.25) is 19.1 Å². The maximum Gasteiger partial charge on any atom is 0.439 e. The van der Waals surface area contributed by atoms with Gasteiger partial charge in [0.2, 0.25) is 5.91 Å². The van der Waals surface area contributed by atoms with Gasteiger partial charge in [-0.2, -0.15) is 0 Å². The molecule has 2 atom stereocenters. The van der Waals surface area contributed by atoms with Gasteiger partial charge in [-0.25, -0.2) is 4.79 Å². The first-order chi connectivity index (χ1) is 18.0. The lowest BCUT2D eigenvalue weighted by Gasteiger charge is -2.09. The third kappa shape index (κ3) is 4.52. The van der Waals surface area contributed by atoms with Crippen molar-refractivity contribution >= 4 is 45.7 Å². The van der Waals surface area contributed by atoms with Crippen LogP contribution in [0.25, 0.3) is 22.3 Å². The number of anilines is 2. The van der Waals surface area contributed by atoms with Crippen LogP contribution < -0.4 is 16.4 Å². The Kier molecular flexibility index (Phi) is 5.61. The molecule has 0 spiro atoms. The van der Waals surface area contributed by atoms with Gasteiger partial charge in [0, 0.05) is 21.9 Å². The van der Waals surface area contributed by atoms with Crippen molar-refractivity contribution in [2.45, 2.75) is 12.3 Å². The summed E-state index contributed by atoms with van der Waals surface area (Å²) in [4.78, 5) is 43.0. The summed E-state index contributed by atoms with van der Waals surface area (Å²) >= 11 is 6.11. The highest BCUT2D eigenvalue weighted by atomic mass is 35.5. The summed E-state index contributed by atoms with van der Waals surface area (Å²) < 4.78 is 4.58. The largest absolute Gasteiger partial charge is 0.439 e. The number of hydrogen-bond donors (Lipinski definition) is 4. The zero-order chi connectivity index (χ0) is 25.5. The SMILES string of the molecule is O=C(Nc1ccc(Cl)cc1-c1noc(=O)[nH]1)c1cc2cccc(NC(=O)C3CC3c3ccccc3)c2[nH]1. The molecule has 9 nitrogen and oxygen atoms in total. The molecule has 0 aliphatic heterocycles. The van der Waals surface area contributed by atoms with Gasteiger partial charge in [-0.15, -0.1) is 0 Å². The molecule has 6 rings (SSSR count). The van der Waals surface area contributed by atoms with Gasteiger partial charge in [-0.1, -0.05) is 59.2 Å². The third-order valence-electron chi connectivity index (χ3n) is 6.44. The molecule has 37 heavy (non-hydrogen) atoms. The predicted octanol–water partition coefficient (Wildman–Crippen LogP) is 5.16. The van der Waals surface area contributed by atoms with Crippen LogP contribution in [0.3, 0.4) is 0 Å². The Morgan fingerprint density at radius 3 is 2.57 bits per heavy atom.